The van der Waals surface area contributed by atoms with E-state index >= 15 is 0 Å². The predicted molar refractivity (Wildman–Crippen MR) is 141 cm³/mol. The van der Waals surface area contributed by atoms with Gasteiger partial charge in [0.05, 0.1) is 27.9 Å². The zero-order valence-corrected chi connectivity index (χ0v) is 21.6. The van der Waals surface area contributed by atoms with E-state index in [0.29, 0.717) is 38.4 Å². The molecule has 0 aliphatic rings. The molecule has 0 aliphatic heterocycles. The second-order valence-electron chi connectivity index (χ2n) is 7.24. The van der Waals surface area contributed by atoms with E-state index in [-0.39, 0.29) is 24.0 Å². The molecule has 0 saturated carbocycles. The molecular weight excluding hydrogens is 527 g/mol. The Morgan fingerprint density at radius 1 is 1.03 bits per heavy atom. The topological polar surface area (TPSA) is 102 Å². The highest BCUT2D eigenvalue weighted by Gasteiger charge is 2.17. The second kappa shape index (κ2) is 11.7. The van der Waals surface area contributed by atoms with Crippen LogP contribution in [0, 0.1) is 0 Å². The quantitative estimate of drug-likeness (QED) is 0.263. The van der Waals surface area contributed by atoms with E-state index in [9.17, 15) is 9.59 Å². The highest BCUT2D eigenvalue weighted by molar-refractivity contribution is 7.99. The number of halogens is 2. The van der Waals surface area contributed by atoms with Gasteiger partial charge in [0.25, 0.3) is 0 Å². The fraction of sp³-hybridized carbons (Fsp3) is 0.174. The first-order valence-electron chi connectivity index (χ1n) is 10.5. The summed E-state index contributed by atoms with van der Waals surface area (Å²) in [4.78, 5) is 29.4. The molecule has 0 aliphatic carbocycles. The van der Waals surface area contributed by atoms with E-state index < -0.39 is 0 Å². The number of hydrogen-bond acceptors (Lipinski definition) is 7. The maximum atomic E-state index is 12.5. The first-order valence-corrected chi connectivity index (χ1v) is 13.2. The van der Waals surface area contributed by atoms with Crippen molar-refractivity contribution in [1.82, 2.24) is 19.7 Å². The van der Waals surface area contributed by atoms with Gasteiger partial charge in [-0.3, -0.25) is 9.59 Å². The molecular formula is C23H20Cl2N6O2S2. The maximum Gasteiger partial charge on any atom is 0.236 e. The molecule has 2 heterocycles. The monoisotopic (exact) mass is 546 g/mol. The summed E-state index contributed by atoms with van der Waals surface area (Å²) >= 11 is 14.5. The summed E-state index contributed by atoms with van der Waals surface area (Å²) < 4.78 is 1.81. The van der Waals surface area contributed by atoms with E-state index in [1.54, 1.807) is 18.2 Å². The van der Waals surface area contributed by atoms with Crippen LogP contribution in [0.2, 0.25) is 10.0 Å². The number of nitrogens with zero attached hydrogens (tertiary/aromatic N) is 4. The maximum absolute atomic E-state index is 12.5. The van der Waals surface area contributed by atoms with E-state index in [0.717, 1.165) is 11.3 Å². The molecule has 2 aromatic carbocycles. The molecule has 2 amide bonds. The molecule has 0 bridgehead atoms. The summed E-state index contributed by atoms with van der Waals surface area (Å²) in [6.45, 7) is 2.48. The Kier molecular flexibility index (Phi) is 8.40. The molecule has 8 nitrogen and oxygen atoms in total. The van der Waals surface area contributed by atoms with Crippen LogP contribution < -0.4 is 10.6 Å². The molecule has 0 unspecified atom stereocenters. The van der Waals surface area contributed by atoms with Gasteiger partial charge in [0.15, 0.2) is 10.3 Å². The first-order chi connectivity index (χ1) is 16.9. The van der Waals surface area contributed by atoms with Gasteiger partial charge in [-0.1, -0.05) is 65.3 Å². The number of nitrogens with one attached hydrogen (secondary N) is 2. The molecule has 35 heavy (non-hydrogen) atoms. The minimum absolute atomic E-state index is 0.0230. The molecule has 4 rings (SSSR count). The van der Waals surface area contributed by atoms with E-state index in [1.165, 1.54) is 23.1 Å². The van der Waals surface area contributed by atoms with E-state index in [2.05, 4.69) is 25.8 Å². The van der Waals surface area contributed by atoms with Crippen LogP contribution in [-0.2, 0) is 22.6 Å². The lowest BCUT2D eigenvalue weighted by molar-refractivity contribution is -0.116. The largest absolute Gasteiger partial charge is 0.326 e. The number of aromatic nitrogens is 4. The van der Waals surface area contributed by atoms with Crippen molar-refractivity contribution in [1.29, 1.82) is 0 Å². The molecule has 0 spiro atoms. The van der Waals surface area contributed by atoms with Crippen molar-refractivity contribution in [2.45, 2.75) is 25.0 Å². The van der Waals surface area contributed by atoms with Crippen molar-refractivity contribution in [2.24, 2.45) is 0 Å². The third-order valence-electron chi connectivity index (χ3n) is 4.78. The number of thioether (sulfide) groups is 1. The number of carbonyl (C=O) groups excluding carboxylic acids is 2. The van der Waals surface area contributed by atoms with Crippen LogP contribution in [0.5, 0.6) is 0 Å². The third-order valence-corrected chi connectivity index (χ3v) is 7.25. The highest BCUT2D eigenvalue weighted by Crippen LogP contribution is 2.26. The van der Waals surface area contributed by atoms with Gasteiger partial charge in [0.1, 0.15) is 5.82 Å². The molecule has 4 aromatic rings. The lowest BCUT2D eigenvalue weighted by atomic mass is 10.2. The Morgan fingerprint density at radius 2 is 1.83 bits per heavy atom. The van der Waals surface area contributed by atoms with Crippen LogP contribution in [0.25, 0.3) is 11.3 Å². The zero-order valence-electron chi connectivity index (χ0n) is 18.5. The van der Waals surface area contributed by atoms with Crippen molar-refractivity contribution in [3.63, 3.8) is 0 Å². The van der Waals surface area contributed by atoms with Crippen LogP contribution in [-0.4, -0.2) is 37.3 Å². The van der Waals surface area contributed by atoms with Gasteiger partial charge >= 0.3 is 0 Å². The van der Waals surface area contributed by atoms with Crippen LogP contribution in [0.4, 0.5) is 10.8 Å². The zero-order chi connectivity index (χ0) is 24.8. The van der Waals surface area contributed by atoms with Crippen molar-refractivity contribution in [3.8, 4) is 11.3 Å². The summed E-state index contributed by atoms with van der Waals surface area (Å²) in [6, 6.07) is 14.6. The third kappa shape index (κ3) is 6.61. The van der Waals surface area contributed by atoms with Crippen LogP contribution in [0.3, 0.4) is 0 Å². The number of rotatable bonds is 9. The van der Waals surface area contributed by atoms with Crippen LogP contribution >= 0.6 is 46.3 Å². The van der Waals surface area contributed by atoms with Gasteiger partial charge < -0.3 is 15.2 Å². The average molecular weight is 547 g/mol. The van der Waals surface area contributed by atoms with E-state index in [4.69, 9.17) is 23.2 Å². The number of amides is 2. The van der Waals surface area contributed by atoms with Crippen molar-refractivity contribution < 1.29 is 9.59 Å². The van der Waals surface area contributed by atoms with Gasteiger partial charge in [-0.25, -0.2) is 4.98 Å². The predicted octanol–water partition coefficient (Wildman–Crippen LogP) is 5.64. The summed E-state index contributed by atoms with van der Waals surface area (Å²) in [7, 11) is 0. The molecule has 2 N–H and O–H groups in total. The smallest absolute Gasteiger partial charge is 0.236 e. The van der Waals surface area contributed by atoms with Crippen molar-refractivity contribution in [3.05, 3.63) is 69.8 Å². The minimum Gasteiger partial charge on any atom is -0.326 e. The molecule has 180 valence electrons. The minimum atomic E-state index is -0.266. The van der Waals surface area contributed by atoms with Gasteiger partial charge in [0, 0.05) is 23.2 Å². The summed E-state index contributed by atoms with van der Waals surface area (Å²) in [5, 5.41) is 17.7. The molecule has 0 saturated heterocycles. The Bertz CT molecular complexity index is 1340. The summed E-state index contributed by atoms with van der Waals surface area (Å²) in [5.74, 6) is 0.167. The van der Waals surface area contributed by atoms with E-state index in [1.807, 2.05) is 47.2 Å². The Morgan fingerprint density at radius 3 is 2.57 bits per heavy atom. The Balaban J connectivity index is 1.32. The standard InChI is InChI=1S/C23H20Cl2N6O2S2/c1-2-31-19(11-20(32)26-15-8-9-16(24)17(25)10-15)29-30-23(31)35-13-21(33)28-22-27-18(12-34-22)14-6-4-3-5-7-14/h3-10,12H,2,11,13H2,1H3,(H,26,32)(H,27,28,33). The highest BCUT2D eigenvalue weighted by atomic mass is 35.5. The fourth-order valence-electron chi connectivity index (χ4n) is 3.15. The lowest BCUT2D eigenvalue weighted by Crippen LogP contribution is -2.18. The normalized spacial score (nSPS) is 10.8. The Hall–Kier alpha value is -2.92. The molecule has 0 fully saturated rings. The number of benzene rings is 2. The first kappa shape index (κ1) is 25.2. The molecule has 12 heteroatoms. The molecule has 2 aromatic heterocycles. The lowest BCUT2D eigenvalue weighted by Gasteiger charge is -2.08. The summed E-state index contributed by atoms with van der Waals surface area (Å²) in [6.07, 6.45) is 0.0230. The number of carbonyl (C=O) groups is 2. The number of thiazole rings is 1. The SMILES string of the molecule is CCn1c(CC(=O)Nc2ccc(Cl)c(Cl)c2)nnc1SCC(=O)Nc1nc(-c2ccccc2)cs1. The Labute approximate surface area is 220 Å². The second-order valence-corrected chi connectivity index (χ2v) is 9.85. The summed E-state index contributed by atoms with van der Waals surface area (Å²) in [5.41, 5.74) is 2.34. The average Bonchev–Trinajstić information content (AvgIpc) is 3.47. The van der Waals surface area contributed by atoms with Gasteiger partial charge in [-0.15, -0.1) is 21.5 Å². The van der Waals surface area contributed by atoms with Gasteiger partial charge in [-0.05, 0) is 25.1 Å². The van der Waals surface area contributed by atoms with Crippen molar-refractivity contribution in [2.75, 3.05) is 16.4 Å². The van der Waals surface area contributed by atoms with Gasteiger partial charge in [0.2, 0.25) is 11.8 Å². The van der Waals surface area contributed by atoms with Gasteiger partial charge in [-0.2, -0.15) is 0 Å². The van der Waals surface area contributed by atoms with Crippen LogP contribution in [0.1, 0.15) is 12.7 Å². The van der Waals surface area contributed by atoms with Crippen LogP contribution in [0.15, 0.2) is 59.1 Å². The number of hydrogen-bond donors (Lipinski definition) is 2. The van der Waals surface area contributed by atoms with Crippen molar-refractivity contribution >= 4 is 68.9 Å². The molecule has 0 atom stereocenters. The molecule has 0 radical (unpaired) electrons. The number of anilines is 2. The fourth-order valence-corrected chi connectivity index (χ4v) is 5.01.